The highest BCUT2D eigenvalue weighted by molar-refractivity contribution is 6.42. The van der Waals surface area contributed by atoms with Crippen molar-refractivity contribution in [3.63, 3.8) is 0 Å². The number of nitrogens with zero attached hydrogens (tertiary/aromatic N) is 2. The van der Waals surface area contributed by atoms with Gasteiger partial charge in [-0.15, -0.1) is 0 Å². The summed E-state index contributed by atoms with van der Waals surface area (Å²) in [6, 6.07) is 4.98. The second-order valence-electron chi connectivity index (χ2n) is 4.95. The van der Waals surface area contributed by atoms with Crippen LogP contribution in [0, 0.1) is 0 Å². The number of likely N-dealkylation sites (N-methyl/N-ethyl adjacent to an activating group) is 1. The topological polar surface area (TPSA) is 35.6 Å². The molecule has 20 heavy (non-hydrogen) atoms. The third kappa shape index (κ3) is 4.09. The molecule has 1 aliphatic rings. The van der Waals surface area contributed by atoms with Crippen molar-refractivity contribution in [2.45, 2.75) is 0 Å². The second kappa shape index (κ2) is 7.27. The van der Waals surface area contributed by atoms with Gasteiger partial charge in [0, 0.05) is 51.9 Å². The monoisotopic (exact) mass is 315 g/mol. The molecular weight excluding hydrogens is 297 g/mol. The van der Waals surface area contributed by atoms with Gasteiger partial charge < -0.3 is 10.2 Å². The minimum Gasteiger partial charge on any atom is -0.340 e. The number of carbonyl (C=O) groups excluding carboxylic acids is 1. The number of carbonyl (C=O) groups is 1. The van der Waals surface area contributed by atoms with E-state index < -0.39 is 0 Å². The fourth-order valence-electron chi connectivity index (χ4n) is 2.18. The molecule has 2 rings (SSSR count). The first-order chi connectivity index (χ1) is 9.58. The van der Waals surface area contributed by atoms with E-state index in [2.05, 4.69) is 10.2 Å². The highest BCUT2D eigenvalue weighted by atomic mass is 35.5. The van der Waals surface area contributed by atoms with Gasteiger partial charge in [0.05, 0.1) is 10.0 Å². The first kappa shape index (κ1) is 15.6. The van der Waals surface area contributed by atoms with Crippen LogP contribution in [0.4, 0.5) is 0 Å². The van der Waals surface area contributed by atoms with Gasteiger partial charge in [0.2, 0.25) is 0 Å². The predicted molar refractivity (Wildman–Crippen MR) is 82.7 cm³/mol. The second-order valence-corrected chi connectivity index (χ2v) is 5.76. The van der Waals surface area contributed by atoms with E-state index in [1.807, 2.05) is 7.05 Å². The SMILES string of the molecule is CN(CCN1CCNCC1)C(=O)c1ccc(Cl)c(Cl)c1. The van der Waals surface area contributed by atoms with Gasteiger partial charge in [-0.1, -0.05) is 23.2 Å². The average molecular weight is 316 g/mol. The van der Waals surface area contributed by atoms with E-state index in [0.29, 0.717) is 22.2 Å². The maximum Gasteiger partial charge on any atom is 0.253 e. The van der Waals surface area contributed by atoms with Crippen molar-refractivity contribution >= 4 is 29.1 Å². The Bertz CT molecular complexity index is 475. The molecule has 4 nitrogen and oxygen atoms in total. The molecular formula is C14H19Cl2N3O. The first-order valence-corrected chi connectivity index (χ1v) is 7.47. The van der Waals surface area contributed by atoms with Gasteiger partial charge in [0.1, 0.15) is 0 Å². The Hall–Kier alpha value is -0.810. The Labute approximate surface area is 129 Å². The maximum atomic E-state index is 12.3. The number of amides is 1. The van der Waals surface area contributed by atoms with Crippen molar-refractivity contribution in [2.24, 2.45) is 0 Å². The summed E-state index contributed by atoms with van der Waals surface area (Å²) in [4.78, 5) is 16.4. The van der Waals surface area contributed by atoms with Crippen molar-refractivity contribution in [1.29, 1.82) is 0 Å². The highest BCUT2D eigenvalue weighted by Gasteiger charge is 2.15. The third-order valence-electron chi connectivity index (χ3n) is 3.47. The predicted octanol–water partition coefficient (Wildman–Crippen LogP) is 1.97. The lowest BCUT2D eigenvalue weighted by atomic mass is 10.2. The molecule has 0 aliphatic carbocycles. The van der Waals surface area contributed by atoms with Crippen LogP contribution < -0.4 is 5.32 Å². The Morgan fingerprint density at radius 3 is 2.65 bits per heavy atom. The lowest BCUT2D eigenvalue weighted by Crippen LogP contribution is -2.46. The number of rotatable bonds is 4. The standard InChI is InChI=1S/C14H19Cl2N3O/c1-18(8-9-19-6-4-17-5-7-19)14(20)11-2-3-12(15)13(16)10-11/h2-3,10,17H,4-9H2,1H3. The zero-order valence-corrected chi connectivity index (χ0v) is 13.0. The molecule has 1 amide bonds. The summed E-state index contributed by atoms with van der Waals surface area (Å²) in [5.74, 6) is -0.0290. The van der Waals surface area contributed by atoms with Crippen molar-refractivity contribution < 1.29 is 4.79 Å². The van der Waals surface area contributed by atoms with E-state index in [9.17, 15) is 4.79 Å². The Kier molecular flexibility index (Phi) is 5.66. The number of hydrogen-bond donors (Lipinski definition) is 1. The largest absolute Gasteiger partial charge is 0.340 e. The lowest BCUT2D eigenvalue weighted by molar-refractivity contribution is 0.0775. The molecule has 1 saturated heterocycles. The molecule has 0 unspecified atom stereocenters. The molecule has 1 aliphatic heterocycles. The van der Waals surface area contributed by atoms with Crippen molar-refractivity contribution in [1.82, 2.24) is 15.1 Å². The minimum atomic E-state index is -0.0290. The molecule has 0 spiro atoms. The van der Waals surface area contributed by atoms with Gasteiger partial charge in [0.15, 0.2) is 0 Å². The normalized spacial score (nSPS) is 16.1. The zero-order chi connectivity index (χ0) is 14.5. The van der Waals surface area contributed by atoms with E-state index in [0.717, 1.165) is 32.7 Å². The molecule has 1 fully saturated rings. The van der Waals surface area contributed by atoms with E-state index in [4.69, 9.17) is 23.2 Å². The van der Waals surface area contributed by atoms with Crippen LogP contribution in [0.15, 0.2) is 18.2 Å². The summed E-state index contributed by atoms with van der Waals surface area (Å²) in [6.07, 6.45) is 0. The highest BCUT2D eigenvalue weighted by Crippen LogP contribution is 2.23. The van der Waals surface area contributed by atoms with Crippen LogP contribution in [0.1, 0.15) is 10.4 Å². The fourth-order valence-corrected chi connectivity index (χ4v) is 2.48. The quantitative estimate of drug-likeness (QED) is 0.922. The van der Waals surface area contributed by atoms with Gasteiger partial charge in [-0.3, -0.25) is 9.69 Å². The van der Waals surface area contributed by atoms with Crippen molar-refractivity contribution in [3.05, 3.63) is 33.8 Å². The molecule has 0 atom stereocenters. The van der Waals surface area contributed by atoms with Crippen molar-refractivity contribution in [2.75, 3.05) is 46.3 Å². The maximum absolute atomic E-state index is 12.3. The fraction of sp³-hybridized carbons (Fsp3) is 0.500. The molecule has 1 aromatic carbocycles. The van der Waals surface area contributed by atoms with Crippen LogP contribution in [-0.2, 0) is 0 Å². The van der Waals surface area contributed by atoms with E-state index in [-0.39, 0.29) is 5.91 Å². The van der Waals surface area contributed by atoms with Crippen molar-refractivity contribution in [3.8, 4) is 0 Å². The summed E-state index contributed by atoms with van der Waals surface area (Å²) >= 11 is 11.8. The average Bonchev–Trinajstić information content (AvgIpc) is 2.48. The molecule has 0 aromatic heterocycles. The van der Waals surface area contributed by atoms with Crippen LogP contribution >= 0.6 is 23.2 Å². The van der Waals surface area contributed by atoms with E-state index >= 15 is 0 Å². The zero-order valence-electron chi connectivity index (χ0n) is 11.5. The number of piperazine rings is 1. The Morgan fingerprint density at radius 1 is 1.30 bits per heavy atom. The first-order valence-electron chi connectivity index (χ1n) is 6.71. The third-order valence-corrected chi connectivity index (χ3v) is 4.21. The minimum absolute atomic E-state index is 0.0290. The van der Waals surface area contributed by atoms with Crippen LogP contribution in [0.5, 0.6) is 0 Å². The molecule has 1 N–H and O–H groups in total. The number of nitrogens with one attached hydrogen (secondary N) is 1. The van der Waals surface area contributed by atoms with E-state index in [1.54, 1.807) is 23.1 Å². The lowest BCUT2D eigenvalue weighted by Gasteiger charge is -2.29. The van der Waals surface area contributed by atoms with Gasteiger partial charge in [0.25, 0.3) is 5.91 Å². The van der Waals surface area contributed by atoms with Crippen LogP contribution in [0.2, 0.25) is 10.0 Å². The number of benzene rings is 1. The number of hydrogen-bond acceptors (Lipinski definition) is 3. The van der Waals surface area contributed by atoms with Crippen LogP contribution in [-0.4, -0.2) is 62.0 Å². The molecule has 0 saturated carbocycles. The molecule has 110 valence electrons. The summed E-state index contributed by atoms with van der Waals surface area (Å²) in [7, 11) is 1.81. The van der Waals surface area contributed by atoms with Gasteiger partial charge in [-0.2, -0.15) is 0 Å². The Morgan fingerprint density at radius 2 is 2.00 bits per heavy atom. The van der Waals surface area contributed by atoms with Crippen LogP contribution in [0.25, 0.3) is 0 Å². The smallest absolute Gasteiger partial charge is 0.253 e. The Balaban J connectivity index is 1.89. The van der Waals surface area contributed by atoms with Crippen LogP contribution in [0.3, 0.4) is 0 Å². The molecule has 0 bridgehead atoms. The molecule has 1 aromatic rings. The van der Waals surface area contributed by atoms with Gasteiger partial charge >= 0.3 is 0 Å². The molecule has 1 heterocycles. The van der Waals surface area contributed by atoms with Gasteiger partial charge in [-0.05, 0) is 18.2 Å². The van der Waals surface area contributed by atoms with E-state index in [1.165, 1.54) is 0 Å². The molecule has 0 radical (unpaired) electrons. The summed E-state index contributed by atoms with van der Waals surface area (Å²) in [5, 5.41) is 4.19. The summed E-state index contributed by atoms with van der Waals surface area (Å²) in [6.45, 7) is 5.71. The number of halogens is 2. The summed E-state index contributed by atoms with van der Waals surface area (Å²) in [5.41, 5.74) is 0.571. The van der Waals surface area contributed by atoms with Gasteiger partial charge in [-0.25, -0.2) is 0 Å². The summed E-state index contributed by atoms with van der Waals surface area (Å²) < 4.78 is 0. The molecule has 6 heteroatoms.